The Balaban J connectivity index is 1.49. The summed E-state index contributed by atoms with van der Waals surface area (Å²) < 4.78 is 7.67. The molecule has 1 aliphatic heterocycles. The van der Waals surface area contributed by atoms with Crippen LogP contribution in [0.15, 0.2) is 36.9 Å². The summed E-state index contributed by atoms with van der Waals surface area (Å²) in [5.41, 5.74) is 1.90. The number of ether oxygens (including phenoxy) is 1. The third kappa shape index (κ3) is 4.61. The van der Waals surface area contributed by atoms with E-state index in [0.29, 0.717) is 19.7 Å². The minimum atomic E-state index is -0.0215. The third-order valence-corrected chi connectivity index (χ3v) is 3.71. The molecule has 23 heavy (non-hydrogen) atoms. The number of anilines is 1. The summed E-state index contributed by atoms with van der Waals surface area (Å²) in [6.45, 7) is 5.20. The highest BCUT2D eigenvalue weighted by molar-refractivity contribution is 5.92. The molecule has 1 saturated heterocycles. The summed E-state index contributed by atoms with van der Waals surface area (Å²) in [7, 11) is 0. The van der Waals surface area contributed by atoms with Crippen LogP contribution in [0, 0.1) is 6.92 Å². The Kier molecular flexibility index (Phi) is 4.99. The second-order valence-electron chi connectivity index (χ2n) is 5.75. The van der Waals surface area contributed by atoms with E-state index in [2.05, 4.69) is 20.3 Å². The fraction of sp³-hybridized carbons (Fsp3) is 0.438. The van der Waals surface area contributed by atoms with Gasteiger partial charge in [0, 0.05) is 37.4 Å². The lowest BCUT2D eigenvalue weighted by Crippen LogP contribution is -2.47. The first-order valence-corrected chi connectivity index (χ1v) is 7.72. The molecule has 1 aliphatic rings. The van der Waals surface area contributed by atoms with Crippen LogP contribution in [0.25, 0.3) is 0 Å². The van der Waals surface area contributed by atoms with Gasteiger partial charge >= 0.3 is 0 Å². The molecule has 2 aromatic heterocycles. The van der Waals surface area contributed by atoms with Crippen LogP contribution in [0.3, 0.4) is 0 Å². The number of rotatable bonds is 5. The molecule has 0 aliphatic carbocycles. The van der Waals surface area contributed by atoms with E-state index in [0.717, 1.165) is 24.3 Å². The minimum Gasteiger partial charge on any atom is -0.374 e. The average molecular weight is 315 g/mol. The summed E-state index contributed by atoms with van der Waals surface area (Å²) in [6, 6.07) is 3.56. The predicted octanol–water partition coefficient (Wildman–Crippen LogP) is 0.926. The summed E-state index contributed by atoms with van der Waals surface area (Å²) in [5, 5.41) is 7.16. The zero-order chi connectivity index (χ0) is 16.1. The van der Waals surface area contributed by atoms with E-state index >= 15 is 0 Å². The van der Waals surface area contributed by atoms with Gasteiger partial charge in [-0.05, 0) is 24.6 Å². The first-order chi connectivity index (χ1) is 11.2. The Morgan fingerprint density at radius 3 is 3.00 bits per heavy atom. The molecule has 0 saturated carbocycles. The van der Waals surface area contributed by atoms with Crippen molar-refractivity contribution in [1.82, 2.24) is 19.7 Å². The van der Waals surface area contributed by atoms with Gasteiger partial charge in [0.05, 0.1) is 32.0 Å². The normalized spacial score (nSPS) is 18.7. The number of morpholine rings is 1. The van der Waals surface area contributed by atoms with E-state index in [9.17, 15) is 4.79 Å². The maximum absolute atomic E-state index is 12.1. The van der Waals surface area contributed by atoms with Crippen molar-refractivity contribution < 1.29 is 9.53 Å². The van der Waals surface area contributed by atoms with Gasteiger partial charge in [-0.1, -0.05) is 0 Å². The molecule has 7 heteroatoms. The summed E-state index contributed by atoms with van der Waals surface area (Å²) in [4.78, 5) is 18.2. The third-order valence-electron chi connectivity index (χ3n) is 3.71. The number of amides is 1. The van der Waals surface area contributed by atoms with Crippen molar-refractivity contribution in [3.05, 3.63) is 42.5 Å². The number of carbonyl (C=O) groups excluding carboxylic acids is 1. The Morgan fingerprint density at radius 1 is 1.43 bits per heavy atom. The van der Waals surface area contributed by atoms with Crippen molar-refractivity contribution in [2.24, 2.45) is 0 Å². The zero-order valence-electron chi connectivity index (χ0n) is 13.2. The summed E-state index contributed by atoms with van der Waals surface area (Å²) in [5.74, 6) is -0.0215. The molecular weight excluding hydrogens is 294 g/mol. The smallest absolute Gasteiger partial charge is 0.238 e. The van der Waals surface area contributed by atoms with E-state index in [-0.39, 0.29) is 12.0 Å². The van der Waals surface area contributed by atoms with Gasteiger partial charge in [0.2, 0.25) is 5.91 Å². The molecule has 3 rings (SSSR count). The summed E-state index contributed by atoms with van der Waals surface area (Å²) >= 11 is 0. The number of nitrogens with one attached hydrogen (secondary N) is 1. The van der Waals surface area contributed by atoms with Crippen LogP contribution in [0.1, 0.15) is 5.56 Å². The van der Waals surface area contributed by atoms with Crippen LogP contribution in [-0.4, -0.2) is 57.9 Å². The molecule has 1 amide bonds. The fourth-order valence-corrected chi connectivity index (χ4v) is 2.65. The second kappa shape index (κ2) is 7.34. The van der Waals surface area contributed by atoms with Gasteiger partial charge in [-0.3, -0.25) is 19.4 Å². The quantitative estimate of drug-likeness (QED) is 0.888. The standard InChI is InChI=1S/C16H21N5O2/c1-13-8-18-21(9-13)11-15-10-20(6-7-23-15)12-16(22)19-14-2-4-17-5-3-14/h2-5,8-9,15H,6-7,10-12H2,1H3,(H,17,19,22)/t15-/m0/s1. The predicted molar refractivity (Wildman–Crippen MR) is 86.0 cm³/mol. The Morgan fingerprint density at radius 2 is 2.26 bits per heavy atom. The van der Waals surface area contributed by atoms with Crippen LogP contribution in [0.2, 0.25) is 0 Å². The van der Waals surface area contributed by atoms with Crippen molar-refractivity contribution in [3.63, 3.8) is 0 Å². The van der Waals surface area contributed by atoms with E-state index in [1.54, 1.807) is 24.5 Å². The largest absolute Gasteiger partial charge is 0.374 e. The van der Waals surface area contributed by atoms with Crippen LogP contribution < -0.4 is 5.32 Å². The number of hydrogen-bond donors (Lipinski definition) is 1. The monoisotopic (exact) mass is 315 g/mol. The highest BCUT2D eigenvalue weighted by Gasteiger charge is 2.22. The molecule has 7 nitrogen and oxygen atoms in total. The fourth-order valence-electron chi connectivity index (χ4n) is 2.65. The molecule has 2 aromatic rings. The molecule has 0 bridgehead atoms. The second-order valence-corrected chi connectivity index (χ2v) is 5.75. The van der Waals surface area contributed by atoms with Gasteiger partial charge < -0.3 is 10.1 Å². The molecule has 0 unspecified atom stereocenters. The van der Waals surface area contributed by atoms with Crippen molar-refractivity contribution >= 4 is 11.6 Å². The highest BCUT2D eigenvalue weighted by Crippen LogP contribution is 2.09. The van der Waals surface area contributed by atoms with E-state index < -0.39 is 0 Å². The van der Waals surface area contributed by atoms with Crippen LogP contribution in [0.4, 0.5) is 5.69 Å². The minimum absolute atomic E-state index is 0.0215. The lowest BCUT2D eigenvalue weighted by atomic mass is 10.2. The number of pyridine rings is 1. The van der Waals surface area contributed by atoms with E-state index in [1.807, 2.05) is 24.0 Å². The first kappa shape index (κ1) is 15.6. The molecule has 3 heterocycles. The van der Waals surface area contributed by atoms with E-state index in [1.165, 1.54) is 0 Å². The van der Waals surface area contributed by atoms with Crippen molar-refractivity contribution in [2.45, 2.75) is 19.6 Å². The van der Waals surface area contributed by atoms with Crippen LogP contribution in [0.5, 0.6) is 0 Å². The molecule has 1 atom stereocenters. The number of aromatic nitrogens is 3. The maximum atomic E-state index is 12.1. The van der Waals surface area contributed by atoms with Crippen LogP contribution in [-0.2, 0) is 16.1 Å². The van der Waals surface area contributed by atoms with Crippen molar-refractivity contribution in [3.8, 4) is 0 Å². The van der Waals surface area contributed by atoms with Crippen molar-refractivity contribution in [2.75, 3.05) is 31.6 Å². The van der Waals surface area contributed by atoms with Gasteiger partial charge in [0.15, 0.2) is 0 Å². The molecule has 122 valence electrons. The molecule has 0 spiro atoms. The Bertz CT molecular complexity index is 643. The van der Waals surface area contributed by atoms with Gasteiger partial charge in [0.25, 0.3) is 0 Å². The molecule has 1 fully saturated rings. The molecule has 0 aromatic carbocycles. The maximum Gasteiger partial charge on any atom is 0.238 e. The number of nitrogens with zero attached hydrogens (tertiary/aromatic N) is 4. The van der Waals surface area contributed by atoms with Gasteiger partial charge in [0.1, 0.15) is 0 Å². The molecule has 1 N–H and O–H groups in total. The molecular formula is C16H21N5O2. The molecule has 0 radical (unpaired) electrons. The zero-order valence-corrected chi connectivity index (χ0v) is 13.2. The Labute approximate surface area is 135 Å². The lowest BCUT2D eigenvalue weighted by Gasteiger charge is -2.32. The first-order valence-electron chi connectivity index (χ1n) is 7.72. The lowest BCUT2D eigenvalue weighted by molar-refractivity contribution is -0.119. The van der Waals surface area contributed by atoms with Gasteiger partial charge in [-0.15, -0.1) is 0 Å². The van der Waals surface area contributed by atoms with Gasteiger partial charge in [-0.2, -0.15) is 5.10 Å². The van der Waals surface area contributed by atoms with Crippen molar-refractivity contribution in [1.29, 1.82) is 0 Å². The topological polar surface area (TPSA) is 72.3 Å². The number of carbonyl (C=O) groups is 1. The van der Waals surface area contributed by atoms with E-state index in [4.69, 9.17) is 4.74 Å². The number of aryl methyl sites for hydroxylation is 1. The summed E-state index contributed by atoms with van der Waals surface area (Å²) in [6.07, 6.45) is 7.21. The van der Waals surface area contributed by atoms with Gasteiger partial charge in [-0.25, -0.2) is 0 Å². The Hall–Kier alpha value is -2.25. The average Bonchev–Trinajstić information content (AvgIpc) is 2.93. The number of hydrogen-bond acceptors (Lipinski definition) is 5. The van der Waals surface area contributed by atoms with Crippen LogP contribution >= 0.6 is 0 Å². The highest BCUT2D eigenvalue weighted by atomic mass is 16.5. The SMILES string of the molecule is Cc1cnn(C[C@@H]2CN(CC(=O)Nc3ccncc3)CCO2)c1.